The molecule has 0 spiro atoms. The number of benzene rings is 2. The first-order valence-corrected chi connectivity index (χ1v) is 10.2. The molecule has 0 aliphatic carbocycles. The molecule has 0 radical (unpaired) electrons. The highest BCUT2D eigenvalue weighted by Gasteiger charge is 2.34. The van der Waals surface area contributed by atoms with Crippen LogP contribution in [-0.4, -0.2) is 26.2 Å². The van der Waals surface area contributed by atoms with Crippen LogP contribution in [-0.2, 0) is 6.42 Å². The number of Topliss-reactive ketones (excluding diaryl/α,β-unsaturated/α-hetero) is 1. The number of rotatable bonds is 6. The molecular formula is C25H28O6. The van der Waals surface area contributed by atoms with Crippen molar-refractivity contribution < 1.29 is 30.0 Å². The lowest BCUT2D eigenvalue weighted by Gasteiger charge is -2.27. The van der Waals surface area contributed by atoms with Gasteiger partial charge in [-0.1, -0.05) is 23.8 Å². The first-order valence-electron chi connectivity index (χ1n) is 10.2. The molecule has 1 unspecified atom stereocenters. The fourth-order valence-corrected chi connectivity index (χ4v) is 3.83. The molecule has 2 aromatic rings. The highest BCUT2D eigenvalue weighted by Crippen LogP contribution is 2.46. The van der Waals surface area contributed by atoms with Crippen LogP contribution in [0.4, 0.5) is 0 Å². The summed E-state index contributed by atoms with van der Waals surface area (Å²) in [5.74, 6) is -1.22. The summed E-state index contributed by atoms with van der Waals surface area (Å²) >= 11 is 0. The van der Waals surface area contributed by atoms with Crippen molar-refractivity contribution in [1.82, 2.24) is 0 Å². The van der Waals surface area contributed by atoms with Gasteiger partial charge >= 0.3 is 0 Å². The van der Waals surface area contributed by atoms with Crippen LogP contribution in [0, 0.1) is 5.92 Å². The summed E-state index contributed by atoms with van der Waals surface area (Å²) in [6.45, 7) is 10.1. The molecule has 0 fully saturated rings. The van der Waals surface area contributed by atoms with Gasteiger partial charge in [-0.2, -0.15) is 0 Å². The van der Waals surface area contributed by atoms with E-state index in [9.17, 15) is 25.2 Å². The Morgan fingerprint density at radius 1 is 1.10 bits per heavy atom. The van der Waals surface area contributed by atoms with Crippen molar-refractivity contribution in [2.24, 2.45) is 5.92 Å². The van der Waals surface area contributed by atoms with E-state index in [1.807, 2.05) is 20.8 Å². The summed E-state index contributed by atoms with van der Waals surface area (Å²) in [5.41, 5.74) is 3.04. The number of hydrogen-bond acceptors (Lipinski definition) is 6. The maximum Gasteiger partial charge on any atom is 0.174 e. The van der Waals surface area contributed by atoms with Crippen LogP contribution in [0.25, 0.3) is 0 Å². The molecule has 31 heavy (non-hydrogen) atoms. The third-order valence-electron chi connectivity index (χ3n) is 5.49. The molecule has 0 amide bonds. The lowest BCUT2D eigenvalue weighted by Crippen LogP contribution is -2.20. The number of carbonyl (C=O) groups excluding carboxylic acids is 1. The van der Waals surface area contributed by atoms with E-state index < -0.39 is 11.9 Å². The Hall–Kier alpha value is -3.41. The lowest BCUT2D eigenvalue weighted by atomic mass is 9.88. The quantitative estimate of drug-likeness (QED) is 0.468. The highest BCUT2D eigenvalue weighted by atomic mass is 16.5. The summed E-state index contributed by atoms with van der Waals surface area (Å²) in [4.78, 5) is 12.5. The molecule has 0 bridgehead atoms. The Morgan fingerprint density at radius 2 is 1.74 bits per heavy atom. The Bertz CT molecular complexity index is 1040. The number of phenolic OH excluding ortho intramolecular Hbond substituents is 4. The van der Waals surface area contributed by atoms with Gasteiger partial charge in [0.15, 0.2) is 5.78 Å². The minimum atomic E-state index is -0.946. The number of ketones is 1. The maximum atomic E-state index is 12.5. The molecule has 3 rings (SSSR count). The van der Waals surface area contributed by atoms with Crippen LogP contribution in [0.2, 0.25) is 0 Å². The standard InChI is InChI=1S/C25H28O6/c1-13(2)5-6-16(14(3)4)7-15-8-18(27)24(19(28)9-15)23-12-21(30)25-20(29)10-17(26)11-22(25)31-23/h5,8-11,16,23,26-29H,3,6-7,12H2,1-2,4H3/t16?,23-/m0/s1. The minimum Gasteiger partial charge on any atom is -0.508 e. The molecule has 0 aromatic heterocycles. The van der Waals surface area contributed by atoms with E-state index in [1.165, 1.54) is 11.6 Å². The highest BCUT2D eigenvalue weighted by molar-refractivity contribution is 6.02. The predicted octanol–water partition coefficient (Wildman–Crippen LogP) is 5.31. The second kappa shape index (κ2) is 8.76. The van der Waals surface area contributed by atoms with Gasteiger partial charge in [0.05, 0.1) is 12.0 Å². The molecule has 164 valence electrons. The first-order chi connectivity index (χ1) is 14.6. The monoisotopic (exact) mass is 424 g/mol. The number of fused-ring (bicyclic) bond motifs is 1. The molecule has 2 aromatic carbocycles. The zero-order chi connectivity index (χ0) is 22.9. The normalized spacial score (nSPS) is 16.2. The largest absolute Gasteiger partial charge is 0.508 e. The van der Waals surface area contributed by atoms with Crippen molar-refractivity contribution in [3.63, 3.8) is 0 Å². The predicted molar refractivity (Wildman–Crippen MR) is 118 cm³/mol. The van der Waals surface area contributed by atoms with Crippen molar-refractivity contribution in [3.8, 4) is 28.7 Å². The van der Waals surface area contributed by atoms with Crippen LogP contribution < -0.4 is 4.74 Å². The van der Waals surface area contributed by atoms with Crippen molar-refractivity contribution >= 4 is 5.78 Å². The van der Waals surface area contributed by atoms with E-state index in [4.69, 9.17) is 4.74 Å². The molecule has 2 atom stereocenters. The first kappa shape index (κ1) is 22.3. The van der Waals surface area contributed by atoms with Crippen molar-refractivity contribution in [2.75, 3.05) is 0 Å². The van der Waals surface area contributed by atoms with Crippen LogP contribution in [0.3, 0.4) is 0 Å². The van der Waals surface area contributed by atoms with E-state index in [1.54, 1.807) is 12.1 Å². The Kier molecular flexibility index (Phi) is 6.29. The molecule has 1 aliphatic rings. The Morgan fingerprint density at radius 3 is 2.32 bits per heavy atom. The maximum absolute atomic E-state index is 12.5. The van der Waals surface area contributed by atoms with E-state index in [0.717, 1.165) is 23.6 Å². The summed E-state index contributed by atoms with van der Waals surface area (Å²) < 4.78 is 5.75. The van der Waals surface area contributed by atoms with Crippen molar-refractivity contribution in [3.05, 3.63) is 64.8 Å². The molecule has 0 saturated carbocycles. The van der Waals surface area contributed by atoms with Gasteiger partial charge in [-0.3, -0.25) is 4.79 Å². The van der Waals surface area contributed by atoms with Crippen LogP contribution >= 0.6 is 0 Å². The van der Waals surface area contributed by atoms with Gasteiger partial charge in [0.1, 0.15) is 40.4 Å². The Balaban J connectivity index is 1.89. The topological polar surface area (TPSA) is 107 Å². The van der Waals surface area contributed by atoms with Gasteiger partial charge in [-0.05, 0) is 57.2 Å². The molecular weight excluding hydrogens is 396 g/mol. The number of aromatic hydroxyl groups is 4. The minimum absolute atomic E-state index is 0.00527. The molecule has 1 heterocycles. The zero-order valence-electron chi connectivity index (χ0n) is 18.0. The fraction of sp³-hybridized carbons (Fsp3) is 0.320. The smallest absolute Gasteiger partial charge is 0.174 e. The SMILES string of the molecule is C=C(C)C(CC=C(C)C)Cc1cc(O)c([C@@H]2CC(=O)c3c(O)cc(O)cc3O2)c(O)c1. The number of hydrogen-bond donors (Lipinski definition) is 4. The van der Waals surface area contributed by atoms with Gasteiger partial charge in [0.2, 0.25) is 0 Å². The second-order valence-corrected chi connectivity index (χ2v) is 8.38. The number of allylic oxidation sites excluding steroid dienone is 3. The molecule has 0 saturated heterocycles. The van der Waals surface area contributed by atoms with Crippen LogP contribution in [0.15, 0.2) is 48.1 Å². The summed E-state index contributed by atoms with van der Waals surface area (Å²) in [6, 6.07) is 5.42. The summed E-state index contributed by atoms with van der Waals surface area (Å²) in [7, 11) is 0. The number of ether oxygens (including phenoxy) is 1. The second-order valence-electron chi connectivity index (χ2n) is 8.38. The van der Waals surface area contributed by atoms with Gasteiger partial charge in [0.25, 0.3) is 0 Å². The number of carbonyl (C=O) groups is 1. The van der Waals surface area contributed by atoms with Crippen LogP contribution in [0.5, 0.6) is 28.7 Å². The van der Waals surface area contributed by atoms with Gasteiger partial charge in [0, 0.05) is 12.1 Å². The average Bonchev–Trinajstić information content (AvgIpc) is 2.63. The lowest BCUT2D eigenvalue weighted by molar-refractivity contribution is 0.0839. The average molecular weight is 424 g/mol. The van der Waals surface area contributed by atoms with E-state index in [-0.39, 0.29) is 52.2 Å². The molecule has 6 nitrogen and oxygen atoms in total. The summed E-state index contributed by atoms with van der Waals surface area (Å²) in [6.07, 6.45) is 2.43. The van der Waals surface area contributed by atoms with E-state index in [2.05, 4.69) is 12.7 Å². The van der Waals surface area contributed by atoms with Gasteiger partial charge < -0.3 is 25.2 Å². The van der Waals surface area contributed by atoms with Gasteiger partial charge in [-0.25, -0.2) is 0 Å². The third kappa shape index (κ3) is 4.85. The van der Waals surface area contributed by atoms with Crippen molar-refractivity contribution in [1.29, 1.82) is 0 Å². The van der Waals surface area contributed by atoms with Gasteiger partial charge in [-0.15, -0.1) is 0 Å². The molecule has 6 heteroatoms. The third-order valence-corrected chi connectivity index (χ3v) is 5.49. The molecule has 4 N–H and O–H groups in total. The summed E-state index contributed by atoms with van der Waals surface area (Å²) in [5, 5.41) is 41.0. The van der Waals surface area contributed by atoms with E-state index >= 15 is 0 Å². The van der Waals surface area contributed by atoms with Crippen LogP contribution in [0.1, 0.15) is 61.2 Å². The molecule has 1 aliphatic heterocycles. The number of phenols is 4. The Labute approximate surface area is 181 Å². The zero-order valence-corrected chi connectivity index (χ0v) is 18.0. The van der Waals surface area contributed by atoms with Crippen molar-refractivity contribution in [2.45, 2.75) is 46.1 Å². The van der Waals surface area contributed by atoms with E-state index in [0.29, 0.717) is 6.42 Å². The fourth-order valence-electron chi connectivity index (χ4n) is 3.83.